The van der Waals surface area contributed by atoms with E-state index in [4.69, 9.17) is 16.3 Å². The van der Waals surface area contributed by atoms with Crippen molar-refractivity contribution in [2.75, 3.05) is 6.73 Å². The second-order valence-electron chi connectivity index (χ2n) is 6.21. The maximum absolute atomic E-state index is 13.2. The quantitative estimate of drug-likeness (QED) is 0.784. The van der Waals surface area contributed by atoms with Crippen LogP contribution in [0.5, 0.6) is 0 Å². The first kappa shape index (κ1) is 16.5. The molecule has 2 heterocycles. The molecule has 0 N–H and O–H groups in total. The molecular formula is C19H19ClN2O2. The SMILES string of the molecule is CC1=C(c2ccccc2)C(=O)N(C(C)(C)c2cccc(Cl)n2)CO1. The Hall–Kier alpha value is -2.33. The Morgan fingerprint density at radius 3 is 2.50 bits per heavy atom. The Bertz CT molecular complexity index is 800. The van der Waals surface area contributed by atoms with E-state index < -0.39 is 5.54 Å². The third kappa shape index (κ3) is 2.89. The number of carbonyl (C=O) groups excluding carboxylic acids is 1. The predicted octanol–water partition coefficient (Wildman–Crippen LogP) is 4.22. The number of allylic oxidation sites excluding steroid dienone is 1. The number of rotatable bonds is 3. The Morgan fingerprint density at radius 2 is 1.83 bits per heavy atom. The van der Waals surface area contributed by atoms with E-state index in [1.807, 2.05) is 63.2 Å². The summed E-state index contributed by atoms with van der Waals surface area (Å²) >= 11 is 6.02. The molecule has 0 spiro atoms. The van der Waals surface area contributed by atoms with Crippen LogP contribution in [-0.4, -0.2) is 22.5 Å². The largest absolute Gasteiger partial charge is 0.477 e. The van der Waals surface area contributed by atoms with Gasteiger partial charge in [0.1, 0.15) is 10.9 Å². The van der Waals surface area contributed by atoms with Crippen LogP contribution in [0.15, 0.2) is 54.3 Å². The molecule has 0 bridgehead atoms. The molecule has 1 aliphatic rings. The van der Waals surface area contributed by atoms with Crippen molar-refractivity contribution in [1.29, 1.82) is 0 Å². The molecule has 2 aromatic rings. The van der Waals surface area contributed by atoms with E-state index in [-0.39, 0.29) is 12.6 Å². The minimum atomic E-state index is -0.650. The molecule has 0 unspecified atom stereocenters. The highest BCUT2D eigenvalue weighted by molar-refractivity contribution is 6.29. The first-order valence-corrected chi connectivity index (χ1v) is 8.13. The Kier molecular flexibility index (Phi) is 4.33. The van der Waals surface area contributed by atoms with Crippen molar-refractivity contribution in [2.24, 2.45) is 0 Å². The Morgan fingerprint density at radius 1 is 1.12 bits per heavy atom. The van der Waals surface area contributed by atoms with Gasteiger partial charge in [-0.3, -0.25) is 9.69 Å². The number of pyridine rings is 1. The number of nitrogens with zero attached hydrogens (tertiary/aromatic N) is 2. The normalized spacial score (nSPS) is 15.5. The number of benzene rings is 1. The summed E-state index contributed by atoms with van der Waals surface area (Å²) in [5.74, 6) is 0.564. The van der Waals surface area contributed by atoms with Gasteiger partial charge in [-0.2, -0.15) is 0 Å². The topological polar surface area (TPSA) is 42.4 Å². The lowest BCUT2D eigenvalue weighted by molar-refractivity contribution is -0.139. The highest BCUT2D eigenvalue weighted by atomic mass is 35.5. The molecule has 0 fully saturated rings. The van der Waals surface area contributed by atoms with Crippen LogP contribution < -0.4 is 0 Å². The molecular weight excluding hydrogens is 324 g/mol. The number of hydrogen-bond acceptors (Lipinski definition) is 3. The second-order valence-corrected chi connectivity index (χ2v) is 6.60. The van der Waals surface area contributed by atoms with Crippen molar-refractivity contribution >= 4 is 23.1 Å². The van der Waals surface area contributed by atoms with Crippen molar-refractivity contribution in [1.82, 2.24) is 9.88 Å². The van der Waals surface area contributed by atoms with Gasteiger partial charge in [0.25, 0.3) is 5.91 Å². The van der Waals surface area contributed by atoms with Crippen molar-refractivity contribution in [2.45, 2.75) is 26.3 Å². The van der Waals surface area contributed by atoms with Crippen molar-refractivity contribution in [3.05, 3.63) is 70.7 Å². The van der Waals surface area contributed by atoms with Crippen LogP contribution in [0.2, 0.25) is 5.15 Å². The Labute approximate surface area is 146 Å². The van der Waals surface area contributed by atoms with Crippen LogP contribution in [-0.2, 0) is 15.1 Å². The number of aromatic nitrogens is 1. The molecule has 5 heteroatoms. The van der Waals surface area contributed by atoms with E-state index in [1.165, 1.54) is 0 Å². The summed E-state index contributed by atoms with van der Waals surface area (Å²) in [6.45, 7) is 5.89. The van der Waals surface area contributed by atoms with Crippen LogP contribution in [0.3, 0.4) is 0 Å². The third-order valence-corrected chi connectivity index (χ3v) is 4.51. The summed E-state index contributed by atoms with van der Waals surface area (Å²) in [4.78, 5) is 19.2. The molecule has 4 nitrogen and oxygen atoms in total. The lowest BCUT2D eigenvalue weighted by Gasteiger charge is -2.41. The van der Waals surface area contributed by atoms with Crippen LogP contribution >= 0.6 is 11.6 Å². The first-order valence-electron chi connectivity index (χ1n) is 7.75. The van der Waals surface area contributed by atoms with E-state index in [0.29, 0.717) is 16.5 Å². The lowest BCUT2D eigenvalue weighted by Crippen LogP contribution is -2.49. The zero-order chi connectivity index (χ0) is 17.3. The summed E-state index contributed by atoms with van der Waals surface area (Å²) in [5, 5.41) is 0.404. The van der Waals surface area contributed by atoms with Gasteiger partial charge in [-0.25, -0.2) is 4.98 Å². The zero-order valence-corrected chi connectivity index (χ0v) is 14.7. The Balaban J connectivity index is 2.00. The molecule has 24 heavy (non-hydrogen) atoms. The summed E-state index contributed by atoms with van der Waals surface area (Å²) in [7, 11) is 0. The smallest absolute Gasteiger partial charge is 0.261 e. The van der Waals surface area contributed by atoms with Crippen LogP contribution in [0, 0.1) is 0 Å². The summed E-state index contributed by atoms with van der Waals surface area (Å²) in [6, 6.07) is 15.0. The highest BCUT2D eigenvalue weighted by Crippen LogP contribution is 2.34. The monoisotopic (exact) mass is 342 g/mol. The van der Waals surface area contributed by atoms with E-state index in [0.717, 1.165) is 11.3 Å². The van der Waals surface area contributed by atoms with Crippen molar-refractivity contribution < 1.29 is 9.53 Å². The molecule has 1 amide bonds. The number of hydrogen-bond donors (Lipinski definition) is 0. The van der Waals surface area contributed by atoms with Gasteiger partial charge in [0.2, 0.25) is 0 Å². The predicted molar refractivity (Wildman–Crippen MR) is 94.1 cm³/mol. The van der Waals surface area contributed by atoms with Crippen molar-refractivity contribution in [3.8, 4) is 0 Å². The maximum atomic E-state index is 13.2. The lowest BCUT2D eigenvalue weighted by atomic mass is 9.94. The fourth-order valence-corrected chi connectivity index (χ4v) is 2.98. The van der Waals surface area contributed by atoms with Gasteiger partial charge in [-0.15, -0.1) is 0 Å². The molecule has 0 atom stereocenters. The van der Waals surface area contributed by atoms with Gasteiger partial charge in [-0.05, 0) is 38.5 Å². The number of ether oxygens (including phenoxy) is 1. The fourth-order valence-electron chi connectivity index (χ4n) is 2.81. The van der Waals surface area contributed by atoms with Gasteiger partial charge in [0, 0.05) is 0 Å². The van der Waals surface area contributed by atoms with Crippen LogP contribution in [0.25, 0.3) is 5.57 Å². The summed E-state index contributed by atoms with van der Waals surface area (Å²) in [5.41, 5.74) is 1.50. The summed E-state index contributed by atoms with van der Waals surface area (Å²) < 4.78 is 5.79. The van der Waals surface area contributed by atoms with Gasteiger partial charge in [0.05, 0.1) is 16.8 Å². The molecule has 1 aliphatic heterocycles. The first-order chi connectivity index (χ1) is 11.4. The zero-order valence-electron chi connectivity index (χ0n) is 13.9. The van der Waals surface area contributed by atoms with E-state index in [1.54, 1.807) is 11.0 Å². The van der Waals surface area contributed by atoms with Gasteiger partial charge in [-0.1, -0.05) is 48.0 Å². The summed E-state index contributed by atoms with van der Waals surface area (Å²) in [6.07, 6.45) is 0. The van der Waals surface area contributed by atoms with Gasteiger partial charge in [0.15, 0.2) is 6.73 Å². The van der Waals surface area contributed by atoms with Crippen molar-refractivity contribution in [3.63, 3.8) is 0 Å². The minimum absolute atomic E-state index is 0.0725. The highest BCUT2D eigenvalue weighted by Gasteiger charge is 2.39. The second kappa shape index (κ2) is 6.29. The molecule has 0 radical (unpaired) electrons. The number of halogens is 1. The standard InChI is InChI=1S/C19H19ClN2O2/c1-13-17(14-8-5-4-6-9-14)18(23)22(12-24-13)19(2,3)15-10-7-11-16(20)21-15/h4-11H,12H2,1-3H3. The number of carbonyl (C=O) groups is 1. The average Bonchev–Trinajstić information content (AvgIpc) is 2.55. The molecule has 0 aliphatic carbocycles. The molecule has 3 rings (SSSR count). The van der Waals surface area contributed by atoms with Gasteiger partial charge >= 0.3 is 0 Å². The molecule has 0 saturated heterocycles. The average molecular weight is 343 g/mol. The fraction of sp³-hybridized carbons (Fsp3) is 0.263. The molecule has 124 valence electrons. The van der Waals surface area contributed by atoms with E-state index >= 15 is 0 Å². The van der Waals surface area contributed by atoms with Gasteiger partial charge < -0.3 is 4.74 Å². The molecule has 0 saturated carbocycles. The van der Waals surface area contributed by atoms with Crippen LogP contribution in [0.1, 0.15) is 32.0 Å². The molecule has 1 aromatic carbocycles. The van der Waals surface area contributed by atoms with Crippen LogP contribution in [0.4, 0.5) is 0 Å². The minimum Gasteiger partial charge on any atom is -0.477 e. The molecule has 1 aromatic heterocycles. The maximum Gasteiger partial charge on any atom is 0.261 e. The van der Waals surface area contributed by atoms with E-state index in [9.17, 15) is 4.79 Å². The van der Waals surface area contributed by atoms with E-state index in [2.05, 4.69) is 4.98 Å². The number of amides is 1. The third-order valence-electron chi connectivity index (χ3n) is 4.30.